The van der Waals surface area contributed by atoms with Gasteiger partial charge in [-0.3, -0.25) is 9.80 Å². The van der Waals surface area contributed by atoms with Gasteiger partial charge in [0.15, 0.2) is 0 Å². The summed E-state index contributed by atoms with van der Waals surface area (Å²) < 4.78 is 0. The molecule has 4 heteroatoms. The van der Waals surface area contributed by atoms with E-state index in [-0.39, 0.29) is 0 Å². The lowest BCUT2D eigenvalue weighted by Crippen LogP contribution is -2.49. The Hall–Kier alpha value is -0.420. The number of nitrogens with zero attached hydrogens (tertiary/aromatic N) is 2. The van der Waals surface area contributed by atoms with Crippen LogP contribution in [0.3, 0.4) is 0 Å². The summed E-state index contributed by atoms with van der Waals surface area (Å²) in [4.78, 5) is 8.06. The van der Waals surface area contributed by atoms with Crippen molar-refractivity contribution in [3.8, 4) is 0 Å². The molecule has 2 fully saturated rings. The Labute approximate surface area is 114 Å². The fourth-order valence-electron chi connectivity index (χ4n) is 2.93. The molecule has 18 heavy (non-hydrogen) atoms. The van der Waals surface area contributed by atoms with Crippen LogP contribution in [0.25, 0.3) is 0 Å². The van der Waals surface area contributed by atoms with Crippen molar-refractivity contribution in [3.63, 3.8) is 0 Å². The first kappa shape index (κ1) is 12.6. The monoisotopic (exact) mass is 265 g/mol. The quantitative estimate of drug-likeness (QED) is 0.901. The zero-order chi connectivity index (χ0) is 12.5. The van der Waals surface area contributed by atoms with Gasteiger partial charge >= 0.3 is 0 Å². The van der Waals surface area contributed by atoms with Crippen molar-refractivity contribution in [1.29, 1.82) is 0 Å². The van der Waals surface area contributed by atoms with Gasteiger partial charge in [0.05, 0.1) is 6.04 Å². The molecule has 0 aromatic carbocycles. The molecule has 1 saturated heterocycles. The van der Waals surface area contributed by atoms with Gasteiger partial charge in [-0.15, -0.1) is 11.3 Å². The first-order valence-electron chi connectivity index (χ1n) is 7.02. The lowest BCUT2D eigenvalue weighted by molar-refractivity contribution is 0.0950. The van der Waals surface area contributed by atoms with E-state index in [1.165, 1.54) is 48.8 Å². The fourth-order valence-corrected chi connectivity index (χ4v) is 3.96. The number of nitrogens with two attached hydrogens (primary N) is 1. The molecule has 1 saturated carbocycles. The zero-order valence-electron chi connectivity index (χ0n) is 11.1. The predicted octanol–water partition coefficient (Wildman–Crippen LogP) is 1.84. The van der Waals surface area contributed by atoms with Crippen LogP contribution in [0.4, 0.5) is 0 Å². The molecule has 3 rings (SSSR count). The molecule has 0 spiro atoms. The Bertz CT molecular complexity index is 391. The van der Waals surface area contributed by atoms with Gasteiger partial charge in [0.1, 0.15) is 0 Å². The minimum Gasteiger partial charge on any atom is -0.329 e. The SMILES string of the molecule is Cc1ccc(C(CN)N2CCN(C3CC3)CC2)s1. The van der Waals surface area contributed by atoms with Gasteiger partial charge in [-0.05, 0) is 31.9 Å². The van der Waals surface area contributed by atoms with E-state index in [2.05, 4.69) is 28.9 Å². The smallest absolute Gasteiger partial charge is 0.0565 e. The van der Waals surface area contributed by atoms with E-state index in [1.807, 2.05) is 11.3 Å². The second kappa shape index (κ2) is 5.29. The molecule has 1 unspecified atom stereocenters. The molecule has 2 heterocycles. The number of hydrogen-bond donors (Lipinski definition) is 1. The van der Waals surface area contributed by atoms with Crippen molar-refractivity contribution in [1.82, 2.24) is 9.80 Å². The van der Waals surface area contributed by atoms with Crippen LogP contribution in [0.2, 0.25) is 0 Å². The number of aryl methyl sites for hydroxylation is 1. The number of rotatable bonds is 4. The first-order chi connectivity index (χ1) is 8.78. The summed E-state index contributed by atoms with van der Waals surface area (Å²) in [6.45, 7) is 7.72. The second-order valence-electron chi connectivity index (χ2n) is 5.50. The highest BCUT2D eigenvalue weighted by molar-refractivity contribution is 7.12. The molecule has 1 aliphatic heterocycles. The normalized spacial score (nSPS) is 24.3. The highest BCUT2D eigenvalue weighted by atomic mass is 32.1. The van der Waals surface area contributed by atoms with Gasteiger partial charge in [0, 0.05) is 48.5 Å². The van der Waals surface area contributed by atoms with Crippen LogP contribution in [0.5, 0.6) is 0 Å². The van der Waals surface area contributed by atoms with Gasteiger partial charge in [-0.2, -0.15) is 0 Å². The molecule has 1 aromatic rings. The maximum Gasteiger partial charge on any atom is 0.0565 e. The van der Waals surface area contributed by atoms with Crippen LogP contribution in [-0.4, -0.2) is 48.6 Å². The third-order valence-corrected chi connectivity index (χ3v) is 5.27. The summed E-state index contributed by atoms with van der Waals surface area (Å²) in [6, 6.07) is 5.81. The molecular formula is C14H23N3S. The van der Waals surface area contributed by atoms with Crippen molar-refractivity contribution in [2.24, 2.45) is 5.73 Å². The van der Waals surface area contributed by atoms with Crippen LogP contribution < -0.4 is 5.73 Å². The highest BCUT2D eigenvalue weighted by Gasteiger charge is 2.33. The lowest BCUT2D eigenvalue weighted by Gasteiger charge is -2.38. The molecule has 2 N–H and O–H groups in total. The largest absolute Gasteiger partial charge is 0.329 e. The van der Waals surface area contributed by atoms with E-state index in [1.54, 1.807) is 0 Å². The highest BCUT2D eigenvalue weighted by Crippen LogP contribution is 2.31. The lowest BCUT2D eigenvalue weighted by atomic mass is 10.1. The molecule has 0 bridgehead atoms. The molecule has 0 amide bonds. The molecule has 3 nitrogen and oxygen atoms in total. The van der Waals surface area contributed by atoms with Gasteiger partial charge in [-0.1, -0.05) is 0 Å². The third-order valence-electron chi connectivity index (χ3n) is 4.17. The van der Waals surface area contributed by atoms with E-state index >= 15 is 0 Å². The van der Waals surface area contributed by atoms with Crippen LogP contribution >= 0.6 is 11.3 Å². The van der Waals surface area contributed by atoms with Crippen molar-refractivity contribution in [2.75, 3.05) is 32.7 Å². The summed E-state index contributed by atoms with van der Waals surface area (Å²) in [7, 11) is 0. The van der Waals surface area contributed by atoms with Crippen molar-refractivity contribution < 1.29 is 0 Å². The Morgan fingerprint density at radius 2 is 2.00 bits per heavy atom. The Morgan fingerprint density at radius 1 is 1.28 bits per heavy atom. The average molecular weight is 265 g/mol. The number of hydrogen-bond acceptors (Lipinski definition) is 4. The van der Waals surface area contributed by atoms with Gasteiger partial charge in [-0.25, -0.2) is 0 Å². The standard InChI is InChI=1S/C14H23N3S/c1-11-2-5-14(18-11)13(10-15)17-8-6-16(7-9-17)12-3-4-12/h2,5,12-13H,3-4,6-10,15H2,1H3. The van der Waals surface area contributed by atoms with Crippen LogP contribution in [0.15, 0.2) is 12.1 Å². The first-order valence-corrected chi connectivity index (χ1v) is 7.84. The maximum atomic E-state index is 6.00. The Balaban J connectivity index is 1.62. The Morgan fingerprint density at radius 3 is 2.50 bits per heavy atom. The molecule has 100 valence electrons. The van der Waals surface area contributed by atoms with E-state index < -0.39 is 0 Å². The maximum absolute atomic E-state index is 6.00. The molecule has 0 radical (unpaired) electrons. The molecule has 2 aliphatic rings. The minimum absolute atomic E-state index is 0.435. The van der Waals surface area contributed by atoms with Crippen molar-refractivity contribution in [2.45, 2.75) is 31.8 Å². The van der Waals surface area contributed by atoms with Crippen LogP contribution in [-0.2, 0) is 0 Å². The van der Waals surface area contributed by atoms with E-state index in [4.69, 9.17) is 5.73 Å². The van der Waals surface area contributed by atoms with Gasteiger partial charge in [0.25, 0.3) is 0 Å². The van der Waals surface area contributed by atoms with Gasteiger partial charge < -0.3 is 5.73 Å². The fraction of sp³-hybridized carbons (Fsp3) is 0.714. The average Bonchev–Trinajstić information content (AvgIpc) is 3.15. The molecular weight excluding hydrogens is 242 g/mol. The topological polar surface area (TPSA) is 32.5 Å². The summed E-state index contributed by atoms with van der Waals surface area (Å²) >= 11 is 1.90. The van der Waals surface area contributed by atoms with E-state index in [0.717, 1.165) is 12.6 Å². The number of piperazine rings is 1. The van der Waals surface area contributed by atoms with Crippen LogP contribution in [0, 0.1) is 6.92 Å². The number of thiophene rings is 1. The molecule has 1 aromatic heterocycles. The van der Waals surface area contributed by atoms with Crippen molar-refractivity contribution in [3.05, 3.63) is 21.9 Å². The Kier molecular flexibility index (Phi) is 3.71. The summed E-state index contributed by atoms with van der Waals surface area (Å²) in [6.07, 6.45) is 2.84. The predicted molar refractivity (Wildman–Crippen MR) is 77.0 cm³/mol. The zero-order valence-corrected chi connectivity index (χ0v) is 12.0. The molecule has 1 aliphatic carbocycles. The summed E-state index contributed by atoms with van der Waals surface area (Å²) in [5.74, 6) is 0. The van der Waals surface area contributed by atoms with E-state index in [0.29, 0.717) is 6.04 Å². The molecule has 1 atom stereocenters. The summed E-state index contributed by atoms with van der Waals surface area (Å²) in [5, 5.41) is 0. The van der Waals surface area contributed by atoms with E-state index in [9.17, 15) is 0 Å². The van der Waals surface area contributed by atoms with Crippen LogP contribution in [0.1, 0.15) is 28.6 Å². The summed E-state index contributed by atoms with van der Waals surface area (Å²) in [5.41, 5.74) is 6.00. The minimum atomic E-state index is 0.435. The van der Waals surface area contributed by atoms with Gasteiger partial charge in [0.2, 0.25) is 0 Å². The van der Waals surface area contributed by atoms with Crippen molar-refractivity contribution >= 4 is 11.3 Å². The third kappa shape index (κ3) is 2.62. The second-order valence-corrected chi connectivity index (χ2v) is 6.82.